The van der Waals surface area contributed by atoms with Gasteiger partial charge in [-0.2, -0.15) is 0 Å². The molecule has 7 heteroatoms. The lowest BCUT2D eigenvalue weighted by atomic mass is 9.25. The maximum Gasteiger partial charge on any atom is 0.159 e. The van der Waals surface area contributed by atoms with Crippen molar-refractivity contribution >= 4 is 17.9 Å². The van der Waals surface area contributed by atoms with Gasteiger partial charge in [-0.1, -0.05) is 69.4 Å². The Balaban J connectivity index is 1.19. The van der Waals surface area contributed by atoms with Gasteiger partial charge in [0.1, 0.15) is 5.60 Å². The van der Waals surface area contributed by atoms with Crippen molar-refractivity contribution in [1.82, 2.24) is 0 Å². The van der Waals surface area contributed by atoms with E-state index in [0.717, 1.165) is 86.6 Å². The molecule has 11 aliphatic carbocycles. The predicted molar refractivity (Wildman–Crippen MR) is 225 cm³/mol. The summed E-state index contributed by atoms with van der Waals surface area (Å²) in [7, 11) is 0. The van der Waals surface area contributed by atoms with Crippen molar-refractivity contribution in [2.45, 2.75) is 160 Å². The van der Waals surface area contributed by atoms with Gasteiger partial charge in [-0.25, -0.2) is 0 Å². The first-order valence-electron chi connectivity index (χ1n) is 23.7. The molecule has 17 atom stereocenters. The fourth-order valence-corrected chi connectivity index (χ4v) is 19.4. The number of carbonyl (C=O) groups is 1. The number of fused-ring (bicyclic) bond motifs is 7. The Morgan fingerprint density at radius 1 is 0.898 bits per heavy atom. The van der Waals surface area contributed by atoms with Crippen molar-refractivity contribution in [3.63, 3.8) is 0 Å². The molecule has 0 aromatic heterocycles. The van der Waals surface area contributed by atoms with Gasteiger partial charge in [-0.3, -0.25) is 4.79 Å². The normalized spacial score (nSPS) is 51.8. The summed E-state index contributed by atoms with van der Waals surface area (Å²) in [5.41, 5.74) is -3.10. The summed E-state index contributed by atoms with van der Waals surface area (Å²) in [5, 5.41) is 74.6. The average Bonchev–Trinajstić information content (AvgIpc) is 3.67. The van der Waals surface area contributed by atoms with Gasteiger partial charge in [0.05, 0.1) is 31.0 Å². The van der Waals surface area contributed by atoms with Crippen LogP contribution in [0.1, 0.15) is 142 Å². The van der Waals surface area contributed by atoms with E-state index in [1.807, 2.05) is 13.0 Å². The van der Waals surface area contributed by atoms with Gasteiger partial charge < -0.3 is 30.6 Å². The van der Waals surface area contributed by atoms with Crippen LogP contribution in [0.3, 0.4) is 0 Å². The van der Waals surface area contributed by atoms with E-state index in [9.17, 15) is 30.6 Å². The summed E-state index contributed by atoms with van der Waals surface area (Å²) in [6.07, 6.45) is 16.7. The first kappa shape index (κ1) is 39.5. The molecular formula is C52H68O7. The average molecular weight is 805 g/mol. The van der Waals surface area contributed by atoms with Crippen LogP contribution in [0.5, 0.6) is 0 Å². The number of allylic oxidation sites excluding steroid dienone is 2. The molecule has 3 spiro atoms. The predicted octanol–water partition coefficient (Wildman–Crippen LogP) is 5.65. The Bertz CT molecular complexity index is 2200. The Morgan fingerprint density at radius 3 is 2.41 bits per heavy atom. The standard InChI is InChI=1S/C52H68O7/c1-30(54)31-9-10-32-24-33-11-19-49-20-13-40-46(3,42(57)28-53)41(56)14-22-51(40,36(33)25-34(32)23-31)43(49)39(55)26-37-38-27-45(2)15-5-8-18-50(59)21-12-35(47(37,49)4)44(58)52(38,50)48(29-45)16-6-7-17-48/h9-10,23-26,30,33,35-36,38,40-44,53-54,56-59H,5-7,11-17,19-22,27-29H2,1-4H3/t30-,33-,35-,36-,38-,40-,41+,42-,43+,44+,45-,46+,47-,49-,50-,51-,52-/m1/s1. The topological polar surface area (TPSA) is 138 Å². The summed E-state index contributed by atoms with van der Waals surface area (Å²) in [6.45, 7) is 8.22. The van der Waals surface area contributed by atoms with Crippen LogP contribution in [-0.2, 0) is 4.79 Å². The second kappa shape index (κ2) is 12.4. The van der Waals surface area contributed by atoms with E-state index in [1.165, 1.54) is 5.57 Å². The van der Waals surface area contributed by atoms with Crippen LogP contribution in [0.25, 0.3) is 12.2 Å². The summed E-state index contributed by atoms with van der Waals surface area (Å²) in [6, 6.07) is 6.26. The largest absolute Gasteiger partial charge is 0.394 e. The van der Waals surface area contributed by atoms with Gasteiger partial charge in [0.15, 0.2) is 5.78 Å². The molecule has 7 fully saturated rings. The maximum atomic E-state index is 16.2. The second-order valence-corrected chi connectivity index (χ2v) is 23.1. The minimum atomic E-state index is -1.33. The lowest BCUT2D eigenvalue weighted by Gasteiger charge is -2.79. The number of benzene rings is 1. The Hall–Kier alpha value is -2.31. The van der Waals surface area contributed by atoms with Crippen molar-refractivity contribution in [2.24, 2.45) is 73.4 Å². The Labute approximate surface area is 350 Å². The third kappa shape index (κ3) is 4.41. The number of ketones is 1. The fourth-order valence-electron chi connectivity index (χ4n) is 19.4. The number of hydrogen-bond acceptors (Lipinski definition) is 7. The van der Waals surface area contributed by atoms with Crippen LogP contribution in [0, 0.1) is 85.3 Å². The van der Waals surface area contributed by atoms with Crippen molar-refractivity contribution in [1.29, 1.82) is 0 Å². The van der Waals surface area contributed by atoms with Crippen LogP contribution in [-0.4, -0.2) is 66.9 Å². The zero-order chi connectivity index (χ0) is 41.3. The zero-order valence-corrected chi connectivity index (χ0v) is 35.8. The quantitative estimate of drug-likeness (QED) is 0.218. The molecule has 11 aliphatic rings. The molecule has 0 radical (unpaired) electrons. The van der Waals surface area contributed by atoms with Crippen LogP contribution < -0.4 is 10.4 Å². The van der Waals surface area contributed by atoms with Crippen LogP contribution in [0.2, 0.25) is 0 Å². The molecule has 7 nitrogen and oxygen atoms in total. The van der Waals surface area contributed by atoms with Crippen molar-refractivity contribution in [3.05, 3.63) is 45.8 Å². The first-order chi connectivity index (χ1) is 28.0. The number of hydrogen-bond donors (Lipinski definition) is 6. The molecule has 0 saturated heterocycles. The highest BCUT2D eigenvalue weighted by Crippen LogP contribution is 2.85. The summed E-state index contributed by atoms with van der Waals surface area (Å²) in [4.78, 5) is 16.2. The molecule has 1 aromatic carbocycles. The van der Waals surface area contributed by atoms with E-state index >= 15 is 4.79 Å². The molecule has 318 valence electrons. The van der Waals surface area contributed by atoms with Gasteiger partial charge in [-0.05, 0) is 170 Å². The molecule has 1 aromatic rings. The maximum absolute atomic E-state index is 16.2. The SMILES string of the molecule is C[C@@H](O)c1ccc2c(c1)=C[C@@H]1[C@@H](C=2)CC[C@@]23CC[C@@H]4[C@](C)([C@H](O)CO)[C@@H](O)CC[C@@]14[C@H]2C(=O)C=C1[C@H]2C[C@@]4(C)CCC#C[C@@]5(O)CC[C@H]([C@H](O)[C@@]25C2(CCCC2)C4)[C@]13C. The Kier molecular flexibility index (Phi) is 8.34. The number of aliphatic hydroxyl groups excluding tert-OH is 5. The van der Waals surface area contributed by atoms with E-state index in [0.29, 0.717) is 32.1 Å². The van der Waals surface area contributed by atoms with Crippen molar-refractivity contribution < 1.29 is 35.4 Å². The minimum Gasteiger partial charge on any atom is -0.394 e. The van der Waals surface area contributed by atoms with Crippen molar-refractivity contribution in [2.75, 3.05) is 6.61 Å². The van der Waals surface area contributed by atoms with E-state index in [2.05, 4.69) is 56.0 Å². The zero-order valence-electron chi connectivity index (χ0n) is 35.8. The molecule has 0 aliphatic heterocycles. The van der Waals surface area contributed by atoms with Gasteiger partial charge in [0.2, 0.25) is 0 Å². The molecule has 12 rings (SSSR count). The molecule has 7 saturated carbocycles. The summed E-state index contributed by atoms with van der Waals surface area (Å²) >= 11 is 0. The molecule has 6 N–H and O–H groups in total. The van der Waals surface area contributed by atoms with E-state index in [1.54, 1.807) is 6.92 Å². The number of aliphatic hydroxyl groups is 6. The van der Waals surface area contributed by atoms with Crippen LogP contribution in [0.15, 0.2) is 29.8 Å². The summed E-state index contributed by atoms with van der Waals surface area (Å²) in [5.74, 6) is 6.25. The Morgan fingerprint density at radius 2 is 1.66 bits per heavy atom. The van der Waals surface area contributed by atoms with Gasteiger partial charge in [-0.15, -0.1) is 5.92 Å². The van der Waals surface area contributed by atoms with Crippen molar-refractivity contribution in [3.8, 4) is 11.8 Å². The van der Waals surface area contributed by atoms with E-state index < -0.39 is 69.6 Å². The third-order valence-corrected chi connectivity index (χ3v) is 21.5. The molecular weight excluding hydrogens is 737 g/mol. The fraction of sp³-hybridized carbons (Fsp3) is 0.750. The van der Waals surface area contributed by atoms with Gasteiger partial charge in [0, 0.05) is 28.6 Å². The minimum absolute atomic E-state index is 0.0246. The lowest BCUT2D eigenvalue weighted by Crippen LogP contribution is -2.80. The smallest absolute Gasteiger partial charge is 0.159 e. The second-order valence-electron chi connectivity index (χ2n) is 23.1. The summed E-state index contributed by atoms with van der Waals surface area (Å²) < 4.78 is 0. The van der Waals surface area contributed by atoms with E-state index in [-0.39, 0.29) is 46.2 Å². The van der Waals surface area contributed by atoms with Crippen LogP contribution >= 0.6 is 0 Å². The molecule has 5 bridgehead atoms. The van der Waals surface area contributed by atoms with Gasteiger partial charge >= 0.3 is 0 Å². The number of carbonyl (C=O) groups excluding carboxylic acids is 1. The molecule has 0 unspecified atom stereocenters. The third-order valence-electron chi connectivity index (χ3n) is 21.5. The molecule has 0 amide bonds. The number of rotatable bonds is 3. The molecule has 0 heterocycles. The monoisotopic (exact) mass is 804 g/mol. The van der Waals surface area contributed by atoms with Gasteiger partial charge in [0.25, 0.3) is 0 Å². The molecule has 59 heavy (non-hydrogen) atoms. The lowest BCUT2D eigenvalue weighted by molar-refractivity contribution is -0.321. The van der Waals surface area contributed by atoms with E-state index in [4.69, 9.17) is 0 Å². The van der Waals surface area contributed by atoms with Crippen LogP contribution in [0.4, 0.5) is 0 Å². The highest BCUT2D eigenvalue weighted by atomic mass is 16.3. The first-order valence-corrected chi connectivity index (χ1v) is 23.7. The highest BCUT2D eigenvalue weighted by Gasteiger charge is 2.84. The highest BCUT2D eigenvalue weighted by molar-refractivity contribution is 5.96.